The van der Waals surface area contributed by atoms with Gasteiger partial charge >= 0.3 is 0 Å². The predicted octanol–water partition coefficient (Wildman–Crippen LogP) is 10.3. The fourth-order valence-electron chi connectivity index (χ4n) is 6.01. The highest BCUT2D eigenvalue weighted by atomic mass is 16.5. The van der Waals surface area contributed by atoms with Gasteiger partial charge in [-0.05, 0) is 60.7 Å². The molecule has 0 atom stereocenters. The van der Waals surface area contributed by atoms with Crippen LogP contribution in [0.4, 0.5) is 17.1 Å². The third-order valence-electron chi connectivity index (χ3n) is 8.13. The monoisotopic (exact) mass is 580 g/mol. The van der Waals surface area contributed by atoms with E-state index in [-0.39, 0.29) is 0 Å². The van der Waals surface area contributed by atoms with E-state index in [0.717, 1.165) is 67.2 Å². The average molecular weight is 581 g/mol. The predicted molar refractivity (Wildman–Crippen MR) is 178 cm³/mol. The van der Waals surface area contributed by atoms with Crippen LogP contribution in [-0.4, -0.2) is 15.0 Å². The first-order valence-corrected chi connectivity index (χ1v) is 14.8. The zero-order valence-electron chi connectivity index (χ0n) is 24.0. The molecule has 1 aliphatic rings. The zero-order valence-corrected chi connectivity index (χ0v) is 24.0. The van der Waals surface area contributed by atoms with Gasteiger partial charge in [-0.15, -0.1) is 0 Å². The Hall–Kier alpha value is -6.27. The van der Waals surface area contributed by atoms with Crippen molar-refractivity contribution in [1.82, 2.24) is 15.0 Å². The number of anilines is 3. The van der Waals surface area contributed by atoms with E-state index in [2.05, 4.69) is 53.4 Å². The Morgan fingerprint density at radius 2 is 1.02 bits per heavy atom. The molecule has 0 saturated carbocycles. The maximum absolute atomic E-state index is 6.35. The second-order valence-corrected chi connectivity index (χ2v) is 10.9. The third-order valence-corrected chi connectivity index (χ3v) is 8.13. The van der Waals surface area contributed by atoms with Gasteiger partial charge in [-0.2, -0.15) is 0 Å². The largest absolute Gasteiger partial charge is 0.455 e. The summed E-state index contributed by atoms with van der Waals surface area (Å²) in [5, 5.41) is 2.09. The third kappa shape index (κ3) is 4.23. The van der Waals surface area contributed by atoms with Crippen molar-refractivity contribution in [1.29, 1.82) is 0 Å². The van der Waals surface area contributed by atoms with E-state index in [4.69, 9.17) is 24.1 Å². The minimum atomic E-state index is 0.559. The van der Waals surface area contributed by atoms with Crippen molar-refractivity contribution in [2.24, 2.45) is 0 Å². The number of aromatic nitrogens is 3. The molecule has 6 nitrogen and oxygen atoms in total. The second-order valence-electron chi connectivity index (χ2n) is 10.9. The number of nitrogens with zero attached hydrogens (tertiary/aromatic N) is 4. The van der Waals surface area contributed by atoms with Crippen LogP contribution >= 0.6 is 0 Å². The quantitative estimate of drug-likeness (QED) is 0.206. The molecular formula is C39H24N4O2. The summed E-state index contributed by atoms with van der Waals surface area (Å²) in [6.45, 7) is 0. The molecule has 0 amide bonds. The maximum atomic E-state index is 6.35. The van der Waals surface area contributed by atoms with Crippen LogP contribution in [0.5, 0.6) is 11.5 Å². The van der Waals surface area contributed by atoms with E-state index in [1.165, 1.54) is 0 Å². The first kappa shape index (κ1) is 25.2. The molecule has 0 aliphatic carbocycles. The highest BCUT2D eigenvalue weighted by Gasteiger charge is 2.25. The molecule has 6 heteroatoms. The maximum Gasteiger partial charge on any atom is 0.167 e. The van der Waals surface area contributed by atoms with E-state index in [9.17, 15) is 0 Å². The number of fused-ring (bicyclic) bond motifs is 5. The van der Waals surface area contributed by atoms with Gasteiger partial charge in [0.05, 0.1) is 16.9 Å². The van der Waals surface area contributed by atoms with Crippen LogP contribution in [0.1, 0.15) is 0 Å². The first-order valence-electron chi connectivity index (χ1n) is 14.8. The molecule has 0 fully saturated rings. The summed E-state index contributed by atoms with van der Waals surface area (Å²) in [6, 6.07) is 48.7. The normalized spacial score (nSPS) is 12.1. The average Bonchev–Trinajstić information content (AvgIpc) is 3.50. The van der Waals surface area contributed by atoms with Crippen LogP contribution in [0.2, 0.25) is 0 Å². The van der Waals surface area contributed by atoms with Crippen molar-refractivity contribution in [2.45, 2.75) is 0 Å². The molecule has 9 rings (SSSR count). The molecule has 6 aromatic carbocycles. The van der Waals surface area contributed by atoms with Gasteiger partial charge in [-0.25, -0.2) is 15.0 Å². The van der Waals surface area contributed by atoms with E-state index in [0.29, 0.717) is 17.5 Å². The molecule has 0 spiro atoms. The number of hydrogen-bond donors (Lipinski definition) is 0. The minimum absolute atomic E-state index is 0.559. The number of furan rings is 1. The summed E-state index contributed by atoms with van der Waals surface area (Å²) in [6.07, 6.45) is 0. The molecule has 0 N–H and O–H groups in total. The fourth-order valence-corrected chi connectivity index (χ4v) is 6.01. The lowest BCUT2D eigenvalue weighted by molar-refractivity contribution is 0.477. The Bertz CT molecular complexity index is 2320. The Balaban J connectivity index is 1.19. The van der Waals surface area contributed by atoms with Crippen LogP contribution in [0.25, 0.3) is 56.1 Å². The summed E-state index contributed by atoms with van der Waals surface area (Å²) < 4.78 is 12.6. The van der Waals surface area contributed by atoms with Crippen LogP contribution in [0.3, 0.4) is 0 Å². The van der Waals surface area contributed by atoms with Gasteiger partial charge in [0, 0.05) is 27.6 Å². The number of hydrogen-bond acceptors (Lipinski definition) is 6. The summed E-state index contributed by atoms with van der Waals surface area (Å²) in [7, 11) is 0. The van der Waals surface area contributed by atoms with Crippen molar-refractivity contribution in [3.05, 3.63) is 146 Å². The molecular weight excluding hydrogens is 556 g/mol. The van der Waals surface area contributed by atoms with Crippen LogP contribution in [0, 0.1) is 0 Å². The molecule has 0 radical (unpaired) electrons. The standard InChI is InChI=1S/C39H24N4O2/c1-2-11-25(12-3-1)37-40-38(42-39(41-37)30-15-10-14-29-28-13-4-7-18-33(28)45-36(29)30)26-21-23-27(24-22-26)43-31-16-5-8-19-34(31)44-35-20-9-6-17-32(35)43/h1-24H. The molecule has 8 aromatic rings. The minimum Gasteiger partial charge on any atom is -0.455 e. The molecule has 1 aliphatic heterocycles. The van der Waals surface area contributed by atoms with Crippen LogP contribution in [0.15, 0.2) is 150 Å². The van der Waals surface area contributed by atoms with E-state index < -0.39 is 0 Å². The van der Waals surface area contributed by atoms with Gasteiger partial charge in [-0.1, -0.05) is 84.9 Å². The topological polar surface area (TPSA) is 64.3 Å². The molecule has 3 heterocycles. The highest BCUT2D eigenvalue weighted by molar-refractivity contribution is 6.09. The molecule has 2 aromatic heterocycles. The zero-order chi connectivity index (χ0) is 29.7. The van der Waals surface area contributed by atoms with Gasteiger partial charge in [0.25, 0.3) is 0 Å². The Kier molecular flexibility index (Phi) is 5.71. The number of benzene rings is 6. The summed E-state index contributed by atoms with van der Waals surface area (Å²) in [5.41, 5.74) is 7.18. The second kappa shape index (κ2) is 10.2. The van der Waals surface area contributed by atoms with Crippen molar-refractivity contribution < 1.29 is 9.15 Å². The lowest BCUT2D eigenvalue weighted by atomic mass is 10.1. The summed E-state index contributed by atoms with van der Waals surface area (Å²) in [5.74, 6) is 3.37. The molecule has 45 heavy (non-hydrogen) atoms. The molecule has 0 unspecified atom stereocenters. The first-order chi connectivity index (χ1) is 22.3. The highest BCUT2D eigenvalue weighted by Crippen LogP contribution is 2.50. The number of rotatable bonds is 4. The number of para-hydroxylation sites is 6. The lowest BCUT2D eigenvalue weighted by Gasteiger charge is -2.32. The van der Waals surface area contributed by atoms with Crippen LogP contribution in [-0.2, 0) is 0 Å². The van der Waals surface area contributed by atoms with E-state index in [1.807, 2.05) is 97.1 Å². The van der Waals surface area contributed by atoms with Gasteiger partial charge in [-0.3, -0.25) is 0 Å². The van der Waals surface area contributed by atoms with Crippen molar-refractivity contribution >= 4 is 39.0 Å². The van der Waals surface area contributed by atoms with Crippen LogP contribution < -0.4 is 9.64 Å². The lowest BCUT2D eigenvalue weighted by Crippen LogP contribution is -2.15. The summed E-state index contributed by atoms with van der Waals surface area (Å²) in [4.78, 5) is 17.1. The Labute approximate surface area is 258 Å². The van der Waals surface area contributed by atoms with Crippen molar-refractivity contribution in [3.8, 4) is 45.7 Å². The Morgan fingerprint density at radius 1 is 0.444 bits per heavy atom. The fraction of sp³-hybridized carbons (Fsp3) is 0. The molecule has 212 valence electrons. The van der Waals surface area contributed by atoms with Gasteiger partial charge in [0.15, 0.2) is 29.0 Å². The SMILES string of the molecule is c1ccc(-c2nc(-c3ccc(N4c5ccccc5Oc5ccccc54)cc3)nc(-c3cccc4c3oc3ccccc34)n2)cc1. The smallest absolute Gasteiger partial charge is 0.167 e. The van der Waals surface area contributed by atoms with Gasteiger partial charge in [0.1, 0.15) is 11.2 Å². The van der Waals surface area contributed by atoms with Gasteiger partial charge in [0.2, 0.25) is 0 Å². The Morgan fingerprint density at radius 3 is 1.76 bits per heavy atom. The number of ether oxygens (including phenoxy) is 1. The van der Waals surface area contributed by atoms with Crippen molar-refractivity contribution in [3.63, 3.8) is 0 Å². The summed E-state index contributed by atoms with van der Waals surface area (Å²) >= 11 is 0. The molecule has 0 bridgehead atoms. The van der Waals surface area contributed by atoms with E-state index in [1.54, 1.807) is 0 Å². The van der Waals surface area contributed by atoms with Crippen molar-refractivity contribution in [2.75, 3.05) is 4.90 Å². The van der Waals surface area contributed by atoms with E-state index >= 15 is 0 Å². The molecule has 0 saturated heterocycles. The van der Waals surface area contributed by atoms with Gasteiger partial charge < -0.3 is 14.1 Å².